The number of methoxy groups -OCH3 is 2. The SMILES string of the molecule is COc1ccc([C@@H]2N[C@](Cc3ccccc3)(C(=O)O)[C@@H]3C(=O)N(c4ccc(Cl)cc4Cl)C(=O)[C@H]32)c(OC)c1. The lowest BCUT2D eigenvalue weighted by molar-refractivity contribution is -0.148. The zero-order valence-corrected chi connectivity index (χ0v) is 22.0. The molecule has 0 aliphatic carbocycles. The van der Waals surface area contributed by atoms with Gasteiger partial charge in [-0.3, -0.25) is 19.7 Å². The van der Waals surface area contributed by atoms with Gasteiger partial charge < -0.3 is 14.6 Å². The van der Waals surface area contributed by atoms with Gasteiger partial charge in [0.1, 0.15) is 17.0 Å². The largest absolute Gasteiger partial charge is 0.497 e. The maximum atomic E-state index is 14.0. The van der Waals surface area contributed by atoms with Gasteiger partial charge in [0.15, 0.2) is 0 Å². The Kier molecular flexibility index (Phi) is 6.81. The molecule has 8 nitrogen and oxygen atoms in total. The summed E-state index contributed by atoms with van der Waals surface area (Å²) in [6.45, 7) is 0. The summed E-state index contributed by atoms with van der Waals surface area (Å²) >= 11 is 12.4. The lowest BCUT2D eigenvalue weighted by Gasteiger charge is -2.31. The first-order valence-corrected chi connectivity index (χ1v) is 12.6. The molecule has 2 aliphatic heterocycles. The predicted octanol–water partition coefficient (Wildman–Crippen LogP) is 4.53. The van der Waals surface area contributed by atoms with Crippen LogP contribution in [-0.2, 0) is 20.8 Å². The number of hydrogen-bond acceptors (Lipinski definition) is 6. The molecular formula is C28H24Cl2N2O6. The number of ether oxygens (including phenoxy) is 2. The van der Waals surface area contributed by atoms with Crippen LogP contribution in [0.15, 0.2) is 66.7 Å². The molecule has 0 aromatic heterocycles. The maximum absolute atomic E-state index is 14.0. The van der Waals surface area contributed by atoms with Crippen LogP contribution in [0.25, 0.3) is 0 Å². The molecule has 2 fully saturated rings. The molecule has 0 bridgehead atoms. The Balaban J connectivity index is 1.69. The molecule has 3 aromatic carbocycles. The summed E-state index contributed by atoms with van der Waals surface area (Å²) in [7, 11) is 2.99. The van der Waals surface area contributed by atoms with E-state index in [1.807, 2.05) is 6.07 Å². The number of carbonyl (C=O) groups is 3. The van der Waals surface area contributed by atoms with Crippen molar-refractivity contribution in [2.24, 2.45) is 11.8 Å². The van der Waals surface area contributed by atoms with Crippen LogP contribution in [0, 0.1) is 11.8 Å². The van der Waals surface area contributed by atoms with Crippen LogP contribution in [0.4, 0.5) is 5.69 Å². The number of hydrogen-bond donors (Lipinski definition) is 2. The van der Waals surface area contributed by atoms with Crippen molar-refractivity contribution < 1.29 is 29.0 Å². The number of aliphatic carboxylic acids is 1. The van der Waals surface area contributed by atoms with Gasteiger partial charge >= 0.3 is 5.97 Å². The number of anilines is 1. The van der Waals surface area contributed by atoms with Gasteiger partial charge in [-0.05, 0) is 29.8 Å². The molecule has 38 heavy (non-hydrogen) atoms. The first-order valence-electron chi connectivity index (χ1n) is 11.8. The van der Waals surface area contributed by atoms with Crippen molar-refractivity contribution in [3.05, 3.63) is 87.9 Å². The van der Waals surface area contributed by atoms with E-state index in [1.54, 1.807) is 42.5 Å². The van der Waals surface area contributed by atoms with Crippen molar-refractivity contribution >= 4 is 46.7 Å². The smallest absolute Gasteiger partial charge is 0.325 e. The average molecular weight is 555 g/mol. The summed E-state index contributed by atoms with van der Waals surface area (Å²) in [6.07, 6.45) is -0.0273. The van der Waals surface area contributed by atoms with E-state index in [0.717, 1.165) is 4.90 Å². The zero-order valence-electron chi connectivity index (χ0n) is 20.5. The number of nitrogens with one attached hydrogen (secondary N) is 1. The van der Waals surface area contributed by atoms with Gasteiger partial charge in [0.2, 0.25) is 11.8 Å². The van der Waals surface area contributed by atoms with Crippen molar-refractivity contribution in [3.63, 3.8) is 0 Å². The predicted molar refractivity (Wildman–Crippen MR) is 142 cm³/mol. The second-order valence-electron chi connectivity index (χ2n) is 9.28. The summed E-state index contributed by atoms with van der Waals surface area (Å²) in [4.78, 5) is 42.1. The highest BCUT2D eigenvalue weighted by Gasteiger charge is 2.69. The molecule has 196 valence electrons. The van der Waals surface area contributed by atoms with Crippen molar-refractivity contribution in [1.29, 1.82) is 0 Å². The Morgan fingerprint density at radius 3 is 2.37 bits per heavy atom. The molecule has 10 heteroatoms. The molecule has 2 N–H and O–H groups in total. The second kappa shape index (κ2) is 9.94. The quantitative estimate of drug-likeness (QED) is 0.413. The monoisotopic (exact) mass is 554 g/mol. The van der Waals surface area contributed by atoms with E-state index in [-0.39, 0.29) is 17.1 Å². The van der Waals surface area contributed by atoms with Crippen LogP contribution in [0.1, 0.15) is 17.2 Å². The Labute approximate surface area is 229 Å². The normalized spacial score (nSPS) is 24.4. The first kappa shape index (κ1) is 26.0. The van der Waals surface area contributed by atoms with Crippen molar-refractivity contribution in [3.8, 4) is 11.5 Å². The van der Waals surface area contributed by atoms with E-state index in [4.69, 9.17) is 32.7 Å². The van der Waals surface area contributed by atoms with Crippen LogP contribution < -0.4 is 19.7 Å². The molecule has 0 radical (unpaired) electrons. The number of fused-ring (bicyclic) bond motifs is 1. The minimum absolute atomic E-state index is 0.0273. The van der Waals surface area contributed by atoms with Crippen LogP contribution in [-0.4, -0.2) is 42.6 Å². The highest BCUT2D eigenvalue weighted by atomic mass is 35.5. The standard InChI is InChI=1S/C28H24Cl2N2O6/c1-37-17-9-10-18(21(13-17)38-2)24-22-23(28(31-24,27(35)36)14-15-6-4-3-5-7-15)26(34)32(25(22)33)20-11-8-16(29)12-19(20)30/h3-13,22-24,31H,14H2,1-2H3,(H,35,36)/t22-,23+,24+,28+/m1/s1. The lowest BCUT2D eigenvalue weighted by Crippen LogP contribution is -2.57. The third-order valence-electron chi connectivity index (χ3n) is 7.29. The molecule has 3 aromatic rings. The molecule has 2 aliphatic rings. The summed E-state index contributed by atoms with van der Waals surface area (Å²) in [5.74, 6) is -3.80. The zero-order chi connectivity index (χ0) is 27.2. The number of benzene rings is 3. The Morgan fingerprint density at radius 1 is 1.00 bits per heavy atom. The summed E-state index contributed by atoms with van der Waals surface area (Å²) < 4.78 is 10.9. The molecule has 2 saturated heterocycles. The van der Waals surface area contributed by atoms with Gasteiger partial charge in [0.05, 0.1) is 36.8 Å². The fourth-order valence-corrected chi connectivity index (χ4v) is 6.09. The number of carbonyl (C=O) groups excluding carboxylic acids is 2. The van der Waals surface area contributed by atoms with E-state index in [1.165, 1.54) is 32.4 Å². The Morgan fingerprint density at radius 2 is 1.74 bits per heavy atom. The number of halogens is 2. The topological polar surface area (TPSA) is 105 Å². The van der Waals surface area contributed by atoms with Crippen LogP contribution in [0.5, 0.6) is 11.5 Å². The van der Waals surface area contributed by atoms with Crippen molar-refractivity contribution in [2.45, 2.75) is 18.0 Å². The van der Waals surface area contributed by atoms with Gasteiger partial charge in [0.25, 0.3) is 0 Å². The van der Waals surface area contributed by atoms with Crippen molar-refractivity contribution in [2.75, 3.05) is 19.1 Å². The third-order valence-corrected chi connectivity index (χ3v) is 7.83. The summed E-state index contributed by atoms with van der Waals surface area (Å²) in [5.41, 5.74) is -0.404. The third kappa shape index (κ3) is 4.09. The number of carboxylic acids is 1. The van der Waals surface area contributed by atoms with Crippen LogP contribution >= 0.6 is 23.2 Å². The van der Waals surface area contributed by atoms with E-state index < -0.39 is 41.2 Å². The highest BCUT2D eigenvalue weighted by molar-refractivity contribution is 6.38. The number of imide groups is 1. The number of carboxylic acid groups (broad SMARTS) is 1. The second-order valence-corrected chi connectivity index (χ2v) is 10.1. The number of rotatable bonds is 7. The molecule has 0 spiro atoms. The molecule has 4 atom stereocenters. The molecular weight excluding hydrogens is 531 g/mol. The van der Waals surface area contributed by atoms with Gasteiger partial charge in [-0.2, -0.15) is 0 Å². The Hall–Kier alpha value is -3.59. The summed E-state index contributed by atoms with van der Waals surface area (Å²) in [5, 5.41) is 14.3. The molecule has 0 unspecified atom stereocenters. The minimum Gasteiger partial charge on any atom is -0.497 e. The molecule has 5 rings (SSSR count). The van der Waals surface area contributed by atoms with Crippen molar-refractivity contribution in [1.82, 2.24) is 5.32 Å². The van der Waals surface area contributed by atoms with Gasteiger partial charge in [-0.25, -0.2) is 4.90 Å². The van der Waals surface area contributed by atoms with E-state index >= 15 is 0 Å². The van der Waals surface area contributed by atoms with Crippen LogP contribution in [0.2, 0.25) is 10.0 Å². The number of nitrogens with zero attached hydrogens (tertiary/aromatic N) is 1. The lowest BCUT2D eigenvalue weighted by atomic mass is 9.76. The van der Waals surface area contributed by atoms with Gasteiger partial charge in [-0.15, -0.1) is 0 Å². The fourth-order valence-electron chi connectivity index (χ4n) is 5.60. The maximum Gasteiger partial charge on any atom is 0.325 e. The number of amides is 2. The van der Waals surface area contributed by atoms with E-state index in [0.29, 0.717) is 27.6 Å². The molecule has 0 saturated carbocycles. The average Bonchev–Trinajstić information content (AvgIpc) is 3.38. The van der Waals surface area contributed by atoms with Crippen LogP contribution in [0.3, 0.4) is 0 Å². The minimum atomic E-state index is -1.79. The molecule has 2 amide bonds. The highest BCUT2D eigenvalue weighted by Crippen LogP contribution is 2.53. The Bertz CT molecular complexity index is 1430. The van der Waals surface area contributed by atoms with Gasteiger partial charge in [-0.1, -0.05) is 59.6 Å². The summed E-state index contributed by atoms with van der Waals surface area (Å²) in [6, 6.07) is 17.6. The van der Waals surface area contributed by atoms with E-state index in [9.17, 15) is 19.5 Å². The van der Waals surface area contributed by atoms with E-state index in [2.05, 4.69) is 5.32 Å². The molecule has 2 heterocycles. The van der Waals surface area contributed by atoms with Gasteiger partial charge in [0, 0.05) is 29.1 Å². The first-order chi connectivity index (χ1) is 18.2. The fraction of sp³-hybridized carbons (Fsp3) is 0.250.